The lowest BCUT2D eigenvalue weighted by atomic mass is 9.68. The highest BCUT2D eigenvalue weighted by molar-refractivity contribution is 5.24. The van der Waals surface area contributed by atoms with Gasteiger partial charge < -0.3 is 71.4 Å². The molecule has 6 aliphatic rings. The van der Waals surface area contributed by atoms with Crippen LogP contribution in [-0.2, 0) is 119 Å². The summed E-state index contributed by atoms with van der Waals surface area (Å²) in [6.07, 6.45) is -12.9. The SMILES string of the molecule is CC1(C)[C@H]2CC[C@]1(C)[C@]1(C2)O[C@@H]2[C@H](OCc3ccccc3)[C@@H](OCc3ccccc3)[C@H](OCc3ccccc3)[C@@H](O[C@H]3O[C@H](COCc4ccccc4)[C@@H](O[C@H]4O[C@H](CO)[C@H](OCc5ccccc5)[C@H](OCc5ccccc5)[C@H]4OCc4ccccc4)[C@H](OCc4ccccc4)[C@H]3N=[N+]=[N-])[C@@H]2O1. The number of hydrogen-bond acceptors (Lipinski definition) is 16. The van der Waals surface area contributed by atoms with Crippen LogP contribution in [0.15, 0.2) is 248 Å². The van der Waals surface area contributed by atoms with Gasteiger partial charge in [-0.15, -0.1) is 0 Å². The molecule has 18 heteroatoms. The number of azide groups is 1. The lowest BCUT2D eigenvalue weighted by Crippen LogP contribution is -2.68. The third-order valence-electron chi connectivity index (χ3n) is 21.9. The molecule has 14 rings (SSSR count). The van der Waals surface area contributed by atoms with Gasteiger partial charge >= 0.3 is 0 Å². The second-order valence-corrected chi connectivity index (χ2v) is 28.4. The van der Waals surface area contributed by atoms with Crippen LogP contribution in [0.2, 0.25) is 0 Å². The third kappa shape index (κ3) is 16.1. The minimum atomic E-state index is -1.43. The molecule has 3 heterocycles. The topological polar surface area (TPSA) is 198 Å². The van der Waals surface area contributed by atoms with Crippen molar-refractivity contribution in [3.8, 4) is 0 Å². The van der Waals surface area contributed by atoms with Crippen molar-refractivity contribution in [3.05, 3.63) is 298 Å². The molecule has 3 saturated carbocycles. The van der Waals surface area contributed by atoms with E-state index in [0.717, 1.165) is 57.3 Å². The average molecular weight is 1380 g/mol. The zero-order chi connectivity index (χ0) is 69.7. The van der Waals surface area contributed by atoms with E-state index >= 15 is 0 Å². The highest BCUT2D eigenvalue weighted by Gasteiger charge is 2.76. The Bertz CT molecular complexity index is 3900. The molecule has 3 aliphatic carbocycles. The van der Waals surface area contributed by atoms with E-state index in [1.165, 1.54) is 0 Å². The molecule has 534 valence electrons. The molecule has 102 heavy (non-hydrogen) atoms. The summed E-state index contributed by atoms with van der Waals surface area (Å²) >= 11 is 0. The summed E-state index contributed by atoms with van der Waals surface area (Å²) in [5.74, 6) is -0.773. The van der Waals surface area contributed by atoms with Crippen molar-refractivity contribution in [1.29, 1.82) is 0 Å². The zero-order valence-corrected chi connectivity index (χ0v) is 58.1. The van der Waals surface area contributed by atoms with Crippen LogP contribution in [0, 0.1) is 16.7 Å². The second-order valence-electron chi connectivity index (χ2n) is 28.4. The monoisotopic (exact) mass is 1380 g/mol. The predicted molar refractivity (Wildman–Crippen MR) is 380 cm³/mol. The summed E-state index contributed by atoms with van der Waals surface area (Å²) in [4.78, 5) is 3.59. The fourth-order valence-electron chi connectivity index (χ4n) is 16.0. The molecule has 3 aliphatic heterocycles. The van der Waals surface area contributed by atoms with E-state index in [2.05, 4.69) is 30.8 Å². The van der Waals surface area contributed by atoms with Gasteiger partial charge in [0, 0.05) is 16.7 Å². The molecule has 2 bridgehead atoms. The first-order valence-corrected chi connectivity index (χ1v) is 35.9. The predicted octanol–water partition coefficient (Wildman–Crippen LogP) is 14.5. The number of aliphatic hydroxyl groups is 1. The maximum atomic E-state index is 11.6. The number of fused-ring (bicyclic) bond motifs is 4. The molecule has 6 fully saturated rings. The lowest BCUT2D eigenvalue weighted by Gasteiger charge is -2.51. The average Bonchev–Trinajstić information content (AvgIpc) is 1.51. The molecule has 8 aromatic rings. The first kappa shape index (κ1) is 71.5. The highest BCUT2D eigenvalue weighted by atomic mass is 16.8. The van der Waals surface area contributed by atoms with Crippen molar-refractivity contribution >= 4 is 0 Å². The van der Waals surface area contributed by atoms with E-state index in [1.807, 2.05) is 243 Å². The smallest absolute Gasteiger partial charge is 0.187 e. The molecule has 18 nitrogen and oxygen atoms in total. The fraction of sp³-hybridized carbons (Fsp3) is 0.429. The molecule has 1 N–H and O–H groups in total. The summed E-state index contributed by atoms with van der Waals surface area (Å²) in [6, 6.07) is 77.9. The fourth-order valence-corrected chi connectivity index (χ4v) is 16.0. The Morgan fingerprint density at radius 2 is 0.745 bits per heavy atom. The van der Waals surface area contributed by atoms with Crippen molar-refractivity contribution in [2.24, 2.45) is 21.9 Å². The summed E-state index contributed by atoms with van der Waals surface area (Å²) in [7, 11) is 0. The van der Waals surface area contributed by atoms with Gasteiger partial charge in [0.05, 0.1) is 66.1 Å². The van der Waals surface area contributed by atoms with Gasteiger partial charge in [0.25, 0.3) is 0 Å². The van der Waals surface area contributed by atoms with Gasteiger partial charge in [0.15, 0.2) is 18.4 Å². The van der Waals surface area contributed by atoms with Gasteiger partial charge in [-0.05, 0) is 74.2 Å². The van der Waals surface area contributed by atoms with Crippen molar-refractivity contribution in [1.82, 2.24) is 0 Å². The third-order valence-corrected chi connectivity index (χ3v) is 21.9. The number of aliphatic hydroxyl groups excluding tert-OH is 1. The van der Waals surface area contributed by atoms with Crippen molar-refractivity contribution in [3.63, 3.8) is 0 Å². The minimum Gasteiger partial charge on any atom is -0.394 e. The van der Waals surface area contributed by atoms with E-state index in [0.29, 0.717) is 12.3 Å². The molecule has 19 atom stereocenters. The molecule has 0 radical (unpaired) electrons. The molecule has 0 aromatic heterocycles. The Kier molecular flexibility index (Phi) is 23.5. The van der Waals surface area contributed by atoms with Crippen LogP contribution in [0.5, 0.6) is 0 Å². The molecule has 8 aromatic carbocycles. The maximum Gasteiger partial charge on any atom is 0.187 e. The Hall–Kier alpha value is -7.53. The van der Waals surface area contributed by atoms with E-state index in [-0.39, 0.29) is 64.9 Å². The van der Waals surface area contributed by atoms with Crippen LogP contribution >= 0.6 is 0 Å². The number of rotatable bonds is 31. The molecule has 0 amide bonds. The number of nitrogens with zero attached hydrogens (tertiary/aromatic N) is 3. The van der Waals surface area contributed by atoms with Gasteiger partial charge in [-0.2, -0.15) is 0 Å². The Labute approximate surface area is 597 Å². The largest absolute Gasteiger partial charge is 0.394 e. The number of ether oxygens (including phenoxy) is 14. The van der Waals surface area contributed by atoms with Gasteiger partial charge in [-0.1, -0.05) is 269 Å². The molecular weight excluding hydrogens is 1290 g/mol. The number of hydrogen-bond donors (Lipinski definition) is 1. The summed E-state index contributed by atoms with van der Waals surface area (Å²) in [6.45, 7) is 7.64. The first-order valence-electron chi connectivity index (χ1n) is 35.9. The van der Waals surface area contributed by atoms with Crippen LogP contribution in [-0.4, -0.2) is 122 Å². The maximum absolute atomic E-state index is 11.6. The van der Waals surface area contributed by atoms with Crippen LogP contribution in [0.1, 0.15) is 84.5 Å². The first-order chi connectivity index (χ1) is 50.1. The van der Waals surface area contributed by atoms with E-state index in [9.17, 15) is 10.6 Å². The summed E-state index contributed by atoms with van der Waals surface area (Å²) in [5, 5.41) is 16.3. The number of benzene rings is 8. The Morgan fingerprint density at radius 3 is 1.14 bits per heavy atom. The van der Waals surface area contributed by atoms with Crippen LogP contribution < -0.4 is 0 Å². The Morgan fingerprint density at radius 1 is 0.402 bits per heavy atom. The molecule has 1 spiro atoms. The molecule has 0 unspecified atom stereocenters. The van der Waals surface area contributed by atoms with E-state index in [1.54, 1.807) is 0 Å². The summed E-state index contributed by atoms with van der Waals surface area (Å²) in [5.41, 5.74) is 17.8. The molecule has 3 saturated heterocycles. The van der Waals surface area contributed by atoms with Crippen LogP contribution in [0.3, 0.4) is 0 Å². The van der Waals surface area contributed by atoms with E-state index in [4.69, 9.17) is 66.3 Å². The Balaban J connectivity index is 0.884. The minimum absolute atomic E-state index is 0.0336. The van der Waals surface area contributed by atoms with Gasteiger partial charge in [0.2, 0.25) is 0 Å². The summed E-state index contributed by atoms with van der Waals surface area (Å²) < 4.78 is 103. The quantitative estimate of drug-likeness (QED) is 0.0244. The van der Waals surface area contributed by atoms with Gasteiger partial charge in [-0.3, -0.25) is 0 Å². The lowest BCUT2D eigenvalue weighted by molar-refractivity contribution is -0.371. The second kappa shape index (κ2) is 33.5. The standard InChI is InChI=1S/C84H93N3O15/c1-82(2)65-44-45-83(82,3)84(46-65)101-77-75(95-54-63-40-24-10-25-41-63)73(93-52-61-36-20-8-21-37-61)74(94-53-62-38-22-9-23-39-62)76(78(77)102-84)100-80-68(86-87-85)71(91-50-59-32-16-6-17-33-59)70(67(98-80)56-89-48-57-28-12-4-13-29-57)99-81-79(96-55-64-42-26-11-27-43-64)72(92-51-60-34-18-7-19-35-60)69(66(47-88)97-81)90-49-58-30-14-5-15-31-58/h4-43,65-81,88H,44-56H2,1-3H3/t65-,66+,67+,68+,69-,70+,71+,72-,73-,74-,75+,76+,77+,78-,79+,80+,81+,83-,84+/m0/s1. The van der Waals surface area contributed by atoms with Crippen molar-refractivity contribution in [2.45, 2.75) is 197 Å². The highest BCUT2D eigenvalue weighted by Crippen LogP contribution is 2.73. The van der Waals surface area contributed by atoms with Crippen molar-refractivity contribution < 1.29 is 71.4 Å². The zero-order valence-electron chi connectivity index (χ0n) is 58.1. The van der Waals surface area contributed by atoms with E-state index < -0.39 is 116 Å². The van der Waals surface area contributed by atoms with Crippen LogP contribution in [0.4, 0.5) is 0 Å². The molecular formula is C84H93N3O15. The van der Waals surface area contributed by atoms with Gasteiger partial charge in [0.1, 0.15) is 85.4 Å². The van der Waals surface area contributed by atoms with Crippen LogP contribution in [0.25, 0.3) is 10.4 Å². The van der Waals surface area contributed by atoms with Crippen molar-refractivity contribution in [2.75, 3.05) is 13.2 Å². The normalized spacial score (nSPS) is 31.5. The van der Waals surface area contributed by atoms with Gasteiger partial charge in [-0.25, -0.2) is 0 Å².